The van der Waals surface area contributed by atoms with Crippen molar-refractivity contribution in [2.75, 3.05) is 20.3 Å². The van der Waals surface area contributed by atoms with E-state index >= 15 is 0 Å². The molecule has 1 aliphatic heterocycles. The number of rotatable bonds is 9. The van der Waals surface area contributed by atoms with E-state index in [-0.39, 0.29) is 6.61 Å². The van der Waals surface area contributed by atoms with Crippen LogP contribution in [0.5, 0.6) is 11.5 Å². The van der Waals surface area contributed by atoms with Gasteiger partial charge in [0.15, 0.2) is 0 Å². The van der Waals surface area contributed by atoms with Gasteiger partial charge >= 0.3 is 0 Å². The maximum absolute atomic E-state index is 10.2. The summed E-state index contributed by atoms with van der Waals surface area (Å²) >= 11 is 0. The number of methoxy groups -OCH3 is 1. The Morgan fingerprint density at radius 1 is 1.04 bits per heavy atom. The van der Waals surface area contributed by atoms with Crippen molar-refractivity contribution < 1.29 is 19.3 Å². The van der Waals surface area contributed by atoms with Crippen LogP contribution in [0.1, 0.15) is 11.1 Å². The fourth-order valence-corrected chi connectivity index (χ4v) is 2.88. The number of aliphatic hydroxyl groups is 1. The lowest BCUT2D eigenvalue weighted by Gasteiger charge is -2.21. The molecule has 0 radical (unpaired) electrons. The van der Waals surface area contributed by atoms with E-state index in [0.29, 0.717) is 6.54 Å². The Hall–Kier alpha value is -2.92. The lowest BCUT2D eigenvalue weighted by Crippen LogP contribution is -2.30. The maximum atomic E-state index is 10.2. The van der Waals surface area contributed by atoms with Gasteiger partial charge in [0.1, 0.15) is 36.7 Å². The molecule has 3 rings (SSSR count). The van der Waals surface area contributed by atoms with Crippen molar-refractivity contribution in [3.63, 3.8) is 0 Å². The summed E-state index contributed by atoms with van der Waals surface area (Å²) in [6.07, 6.45) is 7.82. The van der Waals surface area contributed by atoms with E-state index in [2.05, 4.69) is 18.2 Å². The Bertz CT molecular complexity index is 775. The Morgan fingerprint density at radius 3 is 2.67 bits per heavy atom. The lowest BCUT2D eigenvalue weighted by molar-refractivity contribution is 0.0888. The van der Waals surface area contributed by atoms with Gasteiger partial charge in [0.05, 0.1) is 13.7 Å². The van der Waals surface area contributed by atoms with Gasteiger partial charge < -0.3 is 24.2 Å². The molecule has 5 nitrogen and oxygen atoms in total. The molecule has 0 saturated heterocycles. The second-order valence-corrected chi connectivity index (χ2v) is 6.33. The molecule has 1 N–H and O–H groups in total. The van der Waals surface area contributed by atoms with Crippen LogP contribution in [0.15, 0.2) is 73.5 Å². The fourth-order valence-electron chi connectivity index (χ4n) is 2.88. The van der Waals surface area contributed by atoms with Gasteiger partial charge in [-0.2, -0.15) is 0 Å². The molecule has 0 unspecified atom stereocenters. The number of para-hydroxylation sites is 1. The quantitative estimate of drug-likeness (QED) is 0.735. The average molecular weight is 367 g/mol. The Labute approximate surface area is 160 Å². The molecule has 0 aromatic heterocycles. The zero-order valence-corrected chi connectivity index (χ0v) is 15.5. The van der Waals surface area contributed by atoms with Crippen LogP contribution in [-0.2, 0) is 17.6 Å². The molecule has 0 fully saturated rings. The number of aryl methyl sites for hydroxylation is 2. The van der Waals surface area contributed by atoms with Crippen LogP contribution >= 0.6 is 0 Å². The summed E-state index contributed by atoms with van der Waals surface area (Å²) in [5.41, 5.74) is 2.34. The zero-order valence-electron chi connectivity index (χ0n) is 15.5. The molecule has 0 bridgehead atoms. The molecular weight excluding hydrogens is 342 g/mol. The standard InChI is InChI=1S/C22H25NO4/c1-25-21-7-4-5-18(15-21)9-10-19-6-2-3-8-22(19)27-17-20(24)16-23-11-13-26-14-12-23/h2-8,11-15,20,24H,9-10,16-17H2,1H3/t20-/m0/s1. The molecule has 1 heterocycles. The summed E-state index contributed by atoms with van der Waals surface area (Å²) in [5.74, 6) is 1.68. The molecule has 0 amide bonds. The first-order valence-electron chi connectivity index (χ1n) is 9.01. The SMILES string of the molecule is COc1cccc(CCc2ccccc2OC[C@@H](O)CN2C=COC=C2)c1. The highest BCUT2D eigenvalue weighted by Crippen LogP contribution is 2.21. The molecule has 1 atom stereocenters. The molecule has 2 aromatic carbocycles. The average Bonchev–Trinajstić information content (AvgIpc) is 2.72. The van der Waals surface area contributed by atoms with Crippen LogP contribution in [0, 0.1) is 0 Å². The normalized spacial score (nSPS) is 13.9. The summed E-state index contributed by atoms with van der Waals surface area (Å²) < 4.78 is 16.2. The van der Waals surface area contributed by atoms with Gasteiger partial charge in [-0.15, -0.1) is 0 Å². The highest BCUT2D eigenvalue weighted by molar-refractivity contribution is 5.35. The van der Waals surface area contributed by atoms with E-state index in [4.69, 9.17) is 14.2 Å². The summed E-state index contributed by atoms with van der Waals surface area (Å²) in [5, 5.41) is 10.2. The number of hydrogen-bond donors (Lipinski definition) is 1. The van der Waals surface area contributed by atoms with Crippen molar-refractivity contribution in [3.8, 4) is 11.5 Å². The minimum atomic E-state index is -0.608. The molecule has 27 heavy (non-hydrogen) atoms. The number of nitrogens with zero attached hydrogens (tertiary/aromatic N) is 1. The highest BCUT2D eigenvalue weighted by atomic mass is 16.5. The van der Waals surface area contributed by atoms with E-state index in [9.17, 15) is 5.11 Å². The second kappa shape index (κ2) is 9.69. The molecule has 0 aliphatic carbocycles. The predicted molar refractivity (Wildman–Crippen MR) is 104 cm³/mol. The van der Waals surface area contributed by atoms with Gasteiger partial charge in [-0.05, 0) is 42.2 Å². The van der Waals surface area contributed by atoms with E-state index in [0.717, 1.165) is 29.9 Å². The van der Waals surface area contributed by atoms with Gasteiger partial charge in [0, 0.05) is 12.4 Å². The topological polar surface area (TPSA) is 51.2 Å². The number of benzene rings is 2. The molecule has 2 aromatic rings. The van der Waals surface area contributed by atoms with E-state index in [1.54, 1.807) is 32.0 Å². The van der Waals surface area contributed by atoms with Crippen LogP contribution in [0.4, 0.5) is 0 Å². The van der Waals surface area contributed by atoms with Crippen molar-refractivity contribution in [2.24, 2.45) is 0 Å². The van der Waals surface area contributed by atoms with Crippen molar-refractivity contribution in [3.05, 3.63) is 84.6 Å². The molecular formula is C22H25NO4. The van der Waals surface area contributed by atoms with Crippen LogP contribution in [-0.4, -0.2) is 36.4 Å². The first-order chi connectivity index (χ1) is 13.2. The third-order valence-corrected chi connectivity index (χ3v) is 4.30. The third-order valence-electron chi connectivity index (χ3n) is 4.30. The van der Waals surface area contributed by atoms with Crippen LogP contribution < -0.4 is 9.47 Å². The monoisotopic (exact) mass is 367 g/mol. The van der Waals surface area contributed by atoms with E-state index in [1.165, 1.54) is 5.56 Å². The van der Waals surface area contributed by atoms with Gasteiger partial charge in [-0.3, -0.25) is 0 Å². The van der Waals surface area contributed by atoms with E-state index < -0.39 is 6.10 Å². The Balaban J connectivity index is 1.54. The number of hydrogen-bond acceptors (Lipinski definition) is 5. The minimum Gasteiger partial charge on any atom is -0.497 e. The van der Waals surface area contributed by atoms with Gasteiger partial charge in [0.2, 0.25) is 0 Å². The number of ether oxygens (including phenoxy) is 3. The number of β-amino-alcohol motifs (C(OH)–C–C–N with tert-alkyl or cyclic N) is 1. The smallest absolute Gasteiger partial charge is 0.122 e. The van der Waals surface area contributed by atoms with E-state index in [1.807, 2.05) is 35.2 Å². The zero-order chi connectivity index (χ0) is 18.9. The van der Waals surface area contributed by atoms with Gasteiger partial charge in [0.25, 0.3) is 0 Å². The van der Waals surface area contributed by atoms with Crippen molar-refractivity contribution >= 4 is 0 Å². The van der Waals surface area contributed by atoms with Crippen molar-refractivity contribution in [1.29, 1.82) is 0 Å². The molecule has 142 valence electrons. The van der Waals surface area contributed by atoms with Gasteiger partial charge in [-0.1, -0.05) is 30.3 Å². The summed E-state index contributed by atoms with van der Waals surface area (Å²) in [6.45, 7) is 0.678. The van der Waals surface area contributed by atoms with Gasteiger partial charge in [-0.25, -0.2) is 0 Å². The molecule has 5 heteroatoms. The van der Waals surface area contributed by atoms with Crippen LogP contribution in [0.2, 0.25) is 0 Å². The lowest BCUT2D eigenvalue weighted by atomic mass is 10.0. The predicted octanol–water partition coefficient (Wildman–Crippen LogP) is 3.49. The highest BCUT2D eigenvalue weighted by Gasteiger charge is 2.11. The Morgan fingerprint density at radius 2 is 1.85 bits per heavy atom. The number of aliphatic hydroxyl groups excluding tert-OH is 1. The van der Waals surface area contributed by atoms with Crippen LogP contribution in [0.25, 0.3) is 0 Å². The minimum absolute atomic E-state index is 0.231. The first-order valence-corrected chi connectivity index (χ1v) is 9.01. The summed E-state index contributed by atoms with van der Waals surface area (Å²) in [7, 11) is 1.68. The Kier molecular flexibility index (Phi) is 6.77. The third kappa shape index (κ3) is 5.79. The largest absolute Gasteiger partial charge is 0.497 e. The van der Waals surface area contributed by atoms with Crippen LogP contribution in [0.3, 0.4) is 0 Å². The fraction of sp³-hybridized carbons (Fsp3) is 0.273. The molecule has 0 saturated carbocycles. The van der Waals surface area contributed by atoms with Crippen molar-refractivity contribution in [2.45, 2.75) is 18.9 Å². The first kappa shape index (κ1) is 18.9. The maximum Gasteiger partial charge on any atom is 0.122 e. The van der Waals surface area contributed by atoms with Crippen molar-refractivity contribution in [1.82, 2.24) is 4.90 Å². The summed E-state index contributed by atoms with van der Waals surface area (Å²) in [4.78, 5) is 1.85. The molecule has 1 aliphatic rings. The molecule has 0 spiro atoms. The summed E-state index contributed by atoms with van der Waals surface area (Å²) in [6, 6.07) is 16.1. The second-order valence-electron chi connectivity index (χ2n) is 6.33.